The average molecular weight is 242 g/mol. The summed E-state index contributed by atoms with van der Waals surface area (Å²) in [6, 6.07) is 1.90. The van der Waals surface area contributed by atoms with Gasteiger partial charge in [0.15, 0.2) is 0 Å². The van der Waals surface area contributed by atoms with Crippen molar-refractivity contribution in [2.24, 2.45) is 5.92 Å². The molecule has 0 spiro atoms. The Hall–Kier alpha value is -0.800. The van der Waals surface area contributed by atoms with Gasteiger partial charge in [-0.15, -0.1) is 0 Å². The van der Waals surface area contributed by atoms with Crippen LogP contribution >= 0.6 is 11.6 Å². The maximum Gasteiger partial charge on any atom is 0.126 e. The second kappa shape index (κ2) is 6.71. The van der Waals surface area contributed by atoms with Crippen molar-refractivity contribution in [3.05, 3.63) is 22.8 Å². The molecule has 0 aliphatic heterocycles. The summed E-state index contributed by atoms with van der Waals surface area (Å²) in [6.45, 7) is 6.46. The van der Waals surface area contributed by atoms with Crippen molar-refractivity contribution in [2.75, 3.05) is 18.8 Å². The molecule has 1 rings (SSSR count). The molecule has 3 N–H and O–H groups in total. The molecule has 1 aromatic rings. The number of pyridine rings is 1. The van der Waals surface area contributed by atoms with E-state index in [-0.39, 0.29) is 0 Å². The lowest BCUT2D eigenvalue weighted by atomic mass is 10.1. The second-order valence-corrected chi connectivity index (χ2v) is 4.84. The molecule has 0 saturated heterocycles. The van der Waals surface area contributed by atoms with Gasteiger partial charge in [0.2, 0.25) is 0 Å². The summed E-state index contributed by atoms with van der Waals surface area (Å²) < 4.78 is 0. The maximum absolute atomic E-state index is 5.86. The van der Waals surface area contributed by atoms with E-state index >= 15 is 0 Å². The number of halogens is 1. The van der Waals surface area contributed by atoms with Crippen LogP contribution in [-0.4, -0.2) is 18.1 Å². The monoisotopic (exact) mass is 241 g/mol. The van der Waals surface area contributed by atoms with Gasteiger partial charge < -0.3 is 11.1 Å². The molecule has 4 heteroatoms. The number of hydrogen-bond donors (Lipinski definition) is 2. The number of nitrogens with zero attached hydrogens (tertiary/aromatic N) is 1. The number of aromatic nitrogens is 1. The van der Waals surface area contributed by atoms with Crippen LogP contribution in [0.15, 0.2) is 12.3 Å². The number of nitrogens with two attached hydrogens (primary N) is 1. The minimum absolute atomic E-state index is 0.591. The van der Waals surface area contributed by atoms with Gasteiger partial charge in [0, 0.05) is 6.20 Å². The van der Waals surface area contributed by atoms with Gasteiger partial charge in [-0.1, -0.05) is 25.4 Å². The van der Waals surface area contributed by atoms with Gasteiger partial charge in [0.1, 0.15) is 5.82 Å². The lowest BCUT2D eigenvalue weighted by Gasteiger charge is -2.08. The first kappa shape index (κ1) is 13.3. The fourth-order valence-electron chi connectivity index (χ4n) is 1.49. The van der Waals surface area contributed by atoms with E-state index in [1.807, 2.05) is 6.07 Å². The first-order valence-electron chi connectivity index (χ1n) is 5.70. The third-order valence-electron chi connectivity index (χ3n) is 2.32. The van der Waals surface area contributed by atoms with E-state index in [1.165, 1.54) is 0 Å². The Morgan fingerprint density at radius 3 is 2.94 bits per heavy atom. The van der Waals surface area contributed by atoms with Crippen LogP contribution in [0.4, 0.5) is 5.82 Å². The Balaban J connectivity index is 2.29. The van der Waals surface area contributed by atoms with Crippen LogP contribution < -0.4 is 11.1 Å². The Morgan fingerprint density at radius 1 is 1.50 bits per heavy atom. The summed E-state index contributed by atoms with van der Waals surface area (Å²) in [5, 5.41) is 4.05. The van der Waals surface area contributed by atoms with Crippen molar-refractivity contribution in [3.8, 4) is 0 Å². The number of nitrogens with one attached hydrogen (secondary N) is 1. The van der Waals surface area contributed by atoms with E-state index in [0.717, 1.165) is 31.5 Å². The Bertz CT molecular complexity index is 326. The van der Waals surface area contributed by atoms with Crippen LogP contribution in [0, 0.1) is 5.92 Å². The first-order valence-corrected chi connectivity index (χ1v) is 6.08. The molecule has 1 heterocycles. The quantitative estimate of drug-likeness (QED) is 0.753. The van der Waals surface area contributed by atoms with Crippen LogP contribution in [0.3, 0.4) is 0 Å². The van der Waals surface area contributed by atoms with E-state index in [0.29, 0.717) is 16.8 Å². The number of anilines is 1. The molecule has 0 amide bonds. The van der Waals surface area contributed by atoms with Crippen LogP contribution in [0.25, 0.3) is 0 Å². The highest BCUT2D eigenvalue weighted by Gasteiger charge is 2.01. The van der Waals surface area contributed by atoms with E-state index in [1.54, 1.807) is 6.20 Å². The predicted molar refractivity (Wildman–Crippen MR) is 69.7 cm³/mol. The molecule has 90 valence electrons. The van der Waals surface area contributed by atoms with Crippen molar-refractivity contribution in [1.82, 2.24) is 10.3 Å². The van der Waals surface area contributed by atoms with Gasteiger partial charge in [-0.2, -0.15) is 0 Å². The Labute approximate surface area is 102 Å². The fraction of sp³-hybridized carbons (Fsp3) is 0.583. The summed E-state index contributed by atoms with van der Waals surface area (Å²) in [7, 11) is 0. The van der Waals surface area contributed by atoms with Gasteiger partial charge in [-0.25, -0.2) is 4.98 Å². The second-order valence-electron chi connectivity index (χ2n) is 4.40. The van der Waals surface area contributed by atoms with E-state index in [2.05, 4.69) is 24.1 Å². The third kappa shape index (κ3) is 4.81. The minimum atomic E-state index is 0.591. The Kier molecular flexibility index (Phi) is 5.56. The number of nitrogen functional groups attached to an aromatic ring is 1. The first-order chi connectivity index (χ1) is 7.59. The smallest absolute Gasteiger partial charge is 0.126 e. The van der Waals surface area contributed by atoms with Crippen LogP contribution in [0.1, 0.15) is 25.8 Å². The summed E-state index contributed by atoms with van der Waals surface area (Å²) in [4.78, 5) is 4.03. The normalized spacial score (nSPS) is 11.0. The molecule has 0 aliphatic rings. The summed E-state index contributed by atoms with van der Waals surface area (Å²) in [5.74, 6) is 1.28. The molecule has 0 unspecified atom stereocenters. The van der Waals surface area contributed by atoms with Crippen molar-refractivity contribution in [1.29, 1.82) is 0 Å². The van der Waals surface area contributed by atoms with Gasteiger partial charge in [-0.3, -0.25) is 0 Å². The predicted octanol–water partition coefficient (Wildman–Crippen LogP) is 2.50. The Morgan fingerprint density at radius 2 is 2.25 bits per heavy atom. The highest BCUT2D eigenvalue weighted by atomic mass is 35.5. The number of hydrogen-bond acceptors (Lipinski definition) is 3. The molecular formula is C12H20ClN3. The highest BCUT2D eigenvalue weighted by Crippen LogP contribution is 2.16. The topological polar surface area (TPSA) is 50.9 Å². The SMILES string of the molecule is CC(C)CNCCCc1cc(Cl)cnc1N. The zero-order chi connectivity index (χ0) is 12.0. The molecule has 0 aromatic carbocycles. The molecule has 0 saturated carbocycles. The van der Waals surface area contributed by atoms with Gasteiger partial charge in [0.05, 0.1) is 5.02 Å². The van der Waals surface area contributed by atoms with Crippen LogP contribution in [0.5, 0.6) is 0 Å². The average Bonchev–Trinajstić information content (AvgIpc) is 2.22. The lowest BCUT2D eigenvalue weighted by molar-refractivity contribution is 0.543. The van der Waals surface area contributed by atoms with Crippen molar-refractivity contribution >= 4 is 17.4 Å². The number of rotatable bonds is 6. The summed E-state index contributed by atoms with van der Waals surface area (Å²) >= 11 is 5.86. The van der Waals surface area contributed by atoms with E-state index < -0.39 is 0 Å². The summed E-state index contributed by atoms with van der Waals surface area (Å²) in [5.41, 5.74) is 6.80. The zero-order valence-electron chi connectivity index (χ0n) is 9.96. The molecular weight excluding hydrogens is 222 g/mol. The molecule has 1 aromatic heterocycles. The minimum Gasteiger partial charge on any atom is -0.383 e. The highest BCUT2D eigenvalue weighted by molar-refractivity contribution is 6.30. The standard InChI is InChI=1S/C12H20ClN3/c1-9(2)7-15-5-3-4-10-6-11(13)8-16-12(10)14/h6,8-9,15H,3-5,7H2,1-2H3,(H2,14,16). The molecule has 0 atom stereocenters. The van der Waals surface area contributed by atoms with Gasteiger partial charge in [0.25, 0.3) is 0 Å². The van der Waals surface area contributed by atoms with E-state index in [4.69, 9.17) is 17.3 Å². The van der Waals surface area contributed by atoms with Crippen LogP contribution in [-0.2, 0) is 6.42 Å². The molecule has 3 nitrogen and oxygen atoms in total. The van der Waals surface area contributed by atoms with Gasteiger partial charge in [-0.05, 0) is 43.5 Å². The molecule has 0 aliphatic carbocycles. The largest absolute Gasteiger partial charge is 0.383 e. The van der Waals surface area contributed by atoms with E-state index in [9.17, 15) is 0 Å². The number of aryl methyl sites for hydroxylation is 1. The van der Waals surface area contributed by atoms with Crippen LogP contribution in [0.2, 0.25) is 5.02 Å². The zero-order valence-corrected chi connectivity index (χ0v) is 10.7. The van der Waals surface area contributed by atoms with Crippen molar-refractivity contribution < 1.29 is 0 Å². The molecule has 0 fully saturated rings. The summed E-state index contributed by atoms with van der Waals surface area (Å²) in [6.07, 6.45) is 3.56. The molecule has 0 radical (unpaired) electrons. The third-order valence-corrected chi connectivity index (χ3v) is 2.53. The molecule has 0 bridgehead atoms. The molecule has 16 heavy (non-hydrogen) atoms. The maximum atomic E-state index is 5.86. The lowest BCUT2D eigenvalue weighted by Crippen LogP contribution is -2.21. The van der Waals surface area contributed by atoms with Gasteiger partial charge >= 0.3 is 0 Å². The fourth-order valence-corrected chi connectivity index (χ4v) is 1.67. The van der Waals surface area contributed by atoms with Crippen molar-refractivity contribution in [2.45, 2.75) is 26.7 Å². The van der Waals surface area contributed by atoms with Crippen molar-refractivity contribution in [3.63, 3.8) is 0 Å².